The first-order valence-corrected chi connectivity index (χ1v) is 10.9. The number of ether oxygens (including phenoxy) is 1. The van der Waals surface area contributed by atoms with Crippen LogP contribution in [0.5, 0.6) is 5.75 Å². The lowest BCUT2D eigenvalue weighted by Crippen LogP contribution is -2.52. The molecule has 0 aromatic heterocycles. The van der Waals surface area contributed by atoms with Gasteiger partial charge in [-0.3, -0.25) is 14.5 Å². The third-order valence-corrected chi connectivity index (χ3v) is 5.84. The van der Waals surface area contributed by atoms with Crippen LogP contribution in [0.3, 0.4) is 0 Å². The second-order valence-corrected chi connectivity index (χ2v) is 9.06. The zero-order valence-electron chi connectivity index (χ0n) is 18.2. The average Bonchev–Trinajstić information content (AvgIpc) is 2.70. The molecule has 0 radical (unpaired) electrons. The van der Waals surface area contributed by atoms with Crippen molar-refractivity contribution in [3.63, 3.8) is 0 Å². The Morgan fingerprint density at radius 2 is 2.07 bits per heavy atom. The summed E-state index contributed by atoms with van der Waals surface area (Å²) in [5, 5.41) is 3.06. The zero-order chi connectivity index (χ0) is 21.0. The minimum absolute atomic E-state index is 0.0292. The summed E-state index contributed by atoms with van der Waals surface area (Å²) >= 11 is 0. The topological polar surface area (TPSA) is 58.6 Å². The molecule has 1 aliphatic heterocycles. The maximum Gasteiger partial charge on any atom is 0.265 e. The van der Waals surface area contributed by atoms with E-state index < -0.39 is 6.04 Å². The highest BCUT2D eigenvalue weighted by atomic mass is 16.5. The van der Waals surface area contributed by atoms with Gasteiger partial charge in [-0.2, -0.15) is 0 Å². The molecule has 1 aliphatic carbocycles. The summed E-state index contributed by atoms with van der Waals surface area (Å²) in [5.74, 6) is 0.406. The molecule has 3 rings (SSSR count). The number of rotatable bonds is 6. The molecule has 1 atom stereocenters. The molecule has 5 nitrogen and oxygen atoms in total. The van der Waals surface area contributed by atoms with E-state index in [4.69, 9.17) is 4.74 Å². The summed E-state index contributed by atoms with van der Waals surface area (Å²) in [7, 11) is 0. The van der Waals surface area contributed by atoms with E-state index in [1.165, 1.54) is 18.4 Å². The average molecular weight is 399 g/mol. The Hall–Kier alpha value is -2.30. The fraction of sp³-hybridized carbons (Fsp3) is 0.583. The molecule has 1 aromatic rings. The Kier molecular flexibility index (Phi) is 6.66. The molecular formula is C24H34N2O3. The lowest BCUT2D eigenvalue weighted by atomic mass is 9.86. The number of hydrogen-bond acceptors (Lipinski definition) is 3. The van der Waals surface area contributed by atoms with E-state index in [2.05, 4.69) is 32.2 Å². The fourth-order valence-electron chi connectivity index (χ4n) is 4.06. The predicted molar refractivity (Wildman–Crippen MR) is 116 cm³/mol. The van der Waals surface area contributed by atoms with Crippen LogP contribution in [0.1, 0.15) is 71.8 Å². The van der Waals surface area contributed by atoms with Gasteiger partial charge in [-0.1, -0.05) is 45.4 Å². The number of anilines is 1. The van der Waals surface area contributed by atoms with E-state index >= 15 is 0 Å². The van der Waals surface area contributed by atoms with E-state index in [1.807, 2.05) is 25.1 Å². The summed E-state index contributed by atoms with van der Waals surface area (Å²) in [6.07, 6.45) is 8.55. The third kappa shape index (κ3) is 5.01. The largest absolute Gasteiger partial charge is 0.482 e. The standard InChI is InChI=1S/C24H34N2O3/c1-5-19(23(28)25-14-13-17-9-7-6-8-10-17)26-20-15-18(24(2,3)4)11-12-21(20)29-16-22(26)27/h9,11-12,15,19H,5-8,10,13-14,16H2,1-4H3,(H,25,28). The minimum Gasteiger partial charge on any atom is -0.482 e. The quantitative estimate of drug-likeness (QED) is 0.718. The maximum atomic E-state index is 13.0. The van der Waals surface area contributed by atoms with Crippen molar-refractivity contribution < 1.29 is 14.3 Å². The first kappa shape index (κ1) is 21.4. The molecule has 1 aromatic carbocycles. The molecule has 1 heterocycles. The third-order valence-electron chi connectivity index (χ3n) is 5.84. The van der Waals surface area contributed by atoms with Crippen LogP contribution in [0.15, 0.2) is 29.8 Å². The number of carbonyl (C=O) groups is 2. The fourth-order valence-corrected chi connectivity index (χ4v) is 4.06. The number of nitrogens with zero attached hydrogens (tertiary/aromatic N) is 1. The van der Waals surface area contributed by atoms with Crippen LogP contribution in [0.4, 0.5) is 5.69 Å². The predicted octanol–water partition coefficient (Wildman–Crippen LogP) is 4.49. The van der Waals surface area contributed by atoms with Crippen molar-refractivity contribution in [1.29, 1.82) is 0 Å². The second kappa shape index (κ2) is 9.02. The molecule has 2 aliphatic rings. The van der Waals surface area contributed by atoms with Crippen LogP contribution >= 0.6 is 0 Å². The number of hydrogen-bond donors (Lipinski definition) is 1. The molecule has 0 saturated heterocycles. The van der Waals surface area contributed by atoms with Gasteiger partial charge in [-0.05, 0) is 61.6 Å². The normalized spacial score (nSPS) is 17.9. The summed E-state index contributed by atoms with van der Waals surface area (Å²) < 4.78 is 5.64. The Balaban J connectivity index is 1.76. The van der Waals surface area contributed by atoms with E-state index in [9.17, 15) is 9.59 Å². The monoisotopic (exact) mass is 398 g/mol. The molecule has 0 spiro atoms. The van der Waals surface area contributed by atoms with Gasteiger partial charge in [0, 0.05) is 6.54 Å². The zero-order valence-corrected chi connectivity index (χ0v) is 18.2. The van der Waals surface area contributed by atoms with Crippen molar-refractivity contribution in [2.75, 3.05) is 18.1 Å². The Morgan fingerprint density at radius 3 is 2.72 bits per heavy atom. The van der Waals surface area contributed by atoms with E-state index in [-0.39, 0.29) is 23.8 Å². The van der Waals surface area contributed by atoms with Gasteiger partial charge in [0.2, 0.25) is 5.91 Å². The van der Waals surface area contributed by atoms with Crippen LogP contribution in [-0.4, -0.2) is 31.0 Å². The molecule has 1 N–H and O–H groups in total. The highest BCUT2D eigenvalue weighted by Gasteiger charge is 2.35. The van der Waals surface area contributed by atoms with Gasteiger partial charge in [0.25, 0.3) is 5.91 Å². The van der Waals surface area contributed by atoms with Gasteiger partial charge in [-0.15, -0.1) is 0 Å². The van der Waals surface area contributed by atoms with E-state index in [1.54, 1.807) is 4.90 Å². The SMILES string of the molecule is CCC(C(=O)NCCC1=CCCCC1)N1C(=O)COc2ccc(C(C)(C)C)cc21. The molecule has 0 fully saturated rings. The smallest absolute Gasteiger partial charge is 0.265 e. The number of carbonyl (C=O) groups excluding carboxylic acids is 2. The number of nitrogens with one attached hydrogen (secondary N) is 1. The second-order valence-electron chi connectivity index (χ2n) is 9.06. The van der Waals surface area contributed by atoms with Gasteiger partial charge in [0.1, 0.15) is 11.8 Å². The van der Waals surface area contributed by atoms with Crippen LogP contribution < -0.4 is 15.0 Å². The van der Waals surface area contributed by atoms with Gasteiger partial charge < -0.3 is 10.1 Å². The summed E-state index contributed by atoms with van der Waals surface area (Å²) in [4.78, 5) is 27.4. The summed E-state index contributed by atoms with van der Waals surface area (Å²) in [6, 6.07) is 5.41. The van der Waals surface area contributed by atoms with Crippen molar-refractivity contribution in [2.24, 2.45) is 0 Å². The molecule has 29 heavy (non-hydrogen) atoms. The molecule has 1 unspecified atom stereocenters. The Labute approximate surface area is 174 Å². The van der Waals surface area contributed by atoms with Crippen molar-refractivity contribution >= 4 is 17.5 Å². The lowest BCUT2D eigenvalue weighted by Gasteiger charge is -2.35. The highest BCUT2D eigenvalue weighted by Crippen LogP contribution is 2.37. The van der Waals surface area contributed by atoms with Crippen LogP contribution in [0.25, 0.3) is 0 Å². The Morgan fingerprint density at radius 1 is 1.28 bits per heavy atom. The van der Waals surface area contributed by atoms with Gasteiger partial charge >= 0.3 is 0 Å². The first-order chi connectivity index (χ1) is 13.8. The number of amides is 2. The number of benzene rings is 1. The van der Waals surface area contributed by atoms with Crippen molar-refractivity contribution in [3.8, 4) is 5.75 Å². The molecule has 2 amide bonds. The lowest BCUT2D eigenvalue weighted by molar-refractivity contribution is -0.127. The number of fused-ring (bicyclic) bond motifs is 1. The molecular weight excluding hydrogens is 364 g/mol. The highest BCUT2D eigenvalue weighted by molar-refractivity contribution is 6.04. The van der Waals surface area contributed by atoms with Crippen LogP contribution in [0.2, 0.25) is 0 Å². The first-order valence-electron chi connectivity index (χ1n) is 10.9. The minimum atomic E-state index is -0.527. The van der Waals surface area contributed by atoms with Crippen molar-refractivity contribution in [2.45, 2.75) is 77.7 Å². The van der Waals surface area contributed by atoms with Crippen LogP contribution in [-0.2, 0) is 15.0 Å². The van der Waals surface area contributed by atoms with E-state index in [0.29, 0.717) is 24.4 Å². The number of allylic oxidation sites excluding steroid dienone is 1. The van der Waals surface area contributed by atoms with Crippen LogP contribution in [0, 0.1) is 0 Å². The maximum absolute atomic E-state index is 13.0. The van der Waals surface area contributed by atoms with Crippen molar-refractivity contribution in [1.82, 2.24) is 5.32 Å². The summed E-state index contributed by atoms with van der Waals surface area (Å²) in [5.41, 5.74) is 3.19. The van der Waals surface area contributed by atoms with Gasteiger partial charge in [0.15, 0.2) is 6.61 Å². The van der Waals surface area contributed by atoms with E-state index in [0.717, 1.165) is 24.8 Å². The van der Waals surface area contributed by atoms with Gasteiger partial charge in [0.05, 0.1) is 5.69 Å². The molecule has 5 heteroatoms. The molecule has 0 bridgehead atoms. The Bertz CT molecular complexity index is 792. The summed E-state index contributed by atoms with van der Waals surface area (Å²) in [6.45, 7) is 8.94. The molecule has 0 saturated carbocycles. The van der Waals surface area contributed by atoms with Gasteiger partial charge in [-0.25, -0.2) is 0 Å². The van der Waals surface area contributed by atoms with Crippen molar-refractivity contribution in [3.05, 3.63) is 35.4 Å². The molecule has 158 valence electrons.